The van der Waals surface area contributed by atoms with Crippen LogP contribution in [0.25, 0.3) is 0 Å². The number of hydrogen-bond acceptors (Lipinski definition) is 5. The van der Waals surface area contributed by atoms with Crippen molar-refractivity contribution in [3.05, 3.63) is 0 Å². The molecule has 0 aliphatic carbocycles. The van der Waals surface area contributed by atoms with E-state index in [1.807, 2.05) is 13.8 Å². The summed E-state index contributed by atoms with van der Waals surface area (Å²) in [6.45, 7) is 4.95. The van der Waals surface area contributed by atoms with Crippen LogP contribution in [0.5, 0.6) is 0 Å². The molecule has 1 rings (SSSR count). The molecular formula is C11H23N3O3. The normalized spacial score (nSPS) is 31.7. The zero-order valence-corrected chi connectivity index (χ0v) is 10.5. The van der Waals surface area contributed by atoms with E-state index in [-0.39, 0.29) is 18.0 Å². The maximum Gasteiger partial charge on any atom is 0.140 e. The van der Waals surface area contributed by atoms with Gasteiger partial charge < -0.3 is 26.1 Å². The van der Waals surface area contributed by atoms with Crippen molar-refractivity contribution in [2.75, 3.05) is 13.2 Å². The number of nitrogens with two attached hydrogens (primary N) is 1. The van der Waals surface area contributed by atoms with E-state index in [1.54, 1.807) is 0 Å². The van der Waals surface area contributed by atoms with Gasteiger partial charge in [0.2, 0.25) is 0 Å². The fraction of sp³-hybridized carbons (Fsp3) is 0.909. The van der Waals surface area contributed by atoms with Crippen molar-refractivity contribution in [1.82, 2.24) is 5.32 Å². The van der Waals surface area contributed by atoms with Gasteiger partial charge in [-0.05, 0) is 13.3 Å². The largest absolute Gasteiger partial charge is 0.409 e. The number of ether oxygens (including phenoxy) is 1. The van der Waals surface area contributed by atoms with Crippen molar-refractivity contribution in [2.24, 2.45) is 10.9 Å². The average molecular weight is 245 g/mol. The summed E-state index contributed by atoms with van der Waals surface area (Å²) in [5, 5.41) is 25.0. The highest BCUT2D eigenvalue weighted by atomic mass is 16.5. The number of nitrogens with one attached hydrogen (secondary N) is 1. The van der Waals surface area contributed by atoms with E-state index in [1.165, 1.54) is 0 Å². The summed E-state index contributed by atoms with van der Waals surface area (Å²) >= 11 is 0. The third-order valence-corrected chi connectivity index (χ3v) is 3.43. The van der Waals surface area contributed by atoms with Gasteiger partial charge in [-0.25, -0.2) is 0 Å². The smallest absolute Gasteiger partial charge is 0.140 e. The molecule has 0 spiro atoms. The molecule has 3 atom stereocenters. The Hall–Kier alpha value is -0.850. The fourth-order valence-corrected chi connectivity index (χ4v) is 1.98. The highest BCUT2D eigenvalue weighted by Crippen LogP contribution is 2.25. The zero-order valence-electron chi connectivity index (χ0n) is 10.5. The summed E-state index contributed by atoms with van der Waals surface area (Å²) in [7, 11) is 0. The Morgan fingerprint density at radius 1 is 1.71 bits per heavy atom. The third kappa shape index (κ3) is 3.83. The Kier molecular flexibility index (Phi) is 5.17. The predicted octanol–water partition coefficient (Wildman–Crippen LogP) is 0.0310. The van der Waals surface area contributed by atoms with Crippen LogP contribution in [0.4, 0.5) is 0 Å². The summed E-state index contributed by atoms with van der Waals surface area (Å²) < 4.78 is 5.36. The second-order valence-corrected chi connectivity index (χ2v) is 4.65. The minimum Gasteiger partial charge on any atom is -0.409 e. The Morgan fingerprint density at radius 2 is 2.41 bits per heavy atom. The van der Waals surface area contributed by atoms with E-state index in [2.05, 4.69) is 10.5 Å². The van der Waals surface area contributed by atoms with Crippen LogP contribution in [0, 0.1) is 0 Å². The Bertz CT molecular complexity index is 273. The average Bonchev–Trinajstić information content (AvgIpc) is 2.65. The van der Waals surface area contributed by atoms with Crippen LogP contribution in [0.3, 0.4) is 0 Å². The molecule has 0 bridgehead atoms. The lowest BCUT2D eigenvalue weighted by Gasteiger charge is -2.28. The summed E-state index contributed by atoms with van der Waals surface area (Å²) in [5.74, 6) is 0.201. The van der Waals surface area contributed by atoms with Gasteiger partial charge >= 0.3 is 0 Å². The number of hydrogen-bond donors (Lipinski definition) is 4. The summed E-state index contributed by atoms with van der Waals surface area (Å²) in [6, 6.07) is 0.0997. The van der Waals surface area contributed by atoms with Crippen molar-refractivity contribution < 1.29 is 15.1 Å². The Labute approximate surface area is 102 Å². The van der Waals surface area contributed by atoms with Crippen molar-refractivity contribution in [3.63, 3.8) is 0 Å². The molecule has 1 aliphatic heterocycles. The van der Waals surface area contributed by atoms with E-state index < -0.39 is 5.60 Å². The summed E-state index contributed by atoms with van der Waals surface area (Å²) in [6.07, 6.45) is 1.80. The first-order chi connectivity index (χ1) is 8.01. The molecule has 1 heterocycles. The molecular weight excluding hydrogens is 222 g/mol. The highest BCUT2D eigenvalue weighted by Gasteiger charge is 2.39. The molecule has 5 N–H and O–H groups in total. The molecule has 0 amide bonds. The molecule has 17 heavy (non-hydrogen) atoms. The van der Waals surface area contributed by atoms with E-state index in [9.17, 15) is 5.11 Å². The Morgan fingerprint density at radius 3 is 2.88 bits per heavy atom. The molecule has 6 heteroatoms. The second-order valence-electron chi connectivity index (χ2n) is 4.65. The number of nitrogens with zero attached hydrogens (tertiary/aromatic N) is 1. The molecule has 6 nitrogen and oxygen atoms in total. The first kappa shape index (κ1) is 14.2. The molecule has 100 valence electrons. The second kappa shape index (κ2) is 6.18. The quantitative estimate of drug-likeness (QED) is 0.229. The zero-order chi connectivity index (χ0) is 12.9. The molecule has 0 saturated carbocycles. The van der Waals surface area contributed by atoms with Gasteiger partial charge in [0.05, 0.1) is 6.10 Å². The fourth-order valence-electron chi connectivity index (χ4n) is 1.98. The van der Waals surface area contributed by atoms with E-state index in [0.717, 1.165) is 6.42 Å². The van der Waals surface area contributed by atoms with Crippen molar-refractivity contribution in [3.8, 4) is 0 Å². The lowest BCUT2D eigenvalue weighted by molar-refractivity contribution is -0.0276. The standard InChI is InChI=1S/C11H23N3O3/c1-3-9(6-10(12)14-16)13-7-11(15)4-5-17-8(11)2/h8-9,13,15-16H,3-7H2,1-2H3,(H2,12,14). The van der Waals surface area contributed by atoms with Crippen LogP contribution < -0.4 is 11.1 Å². The van der Waals surface area contributed by atoms with Gasteiger partial charge in [-0.2, -0.15) is 0 Å². The van der Waals surface area contributed by atoms with Crippen LogP contribution in [-0.2, 0) is 4.74 Å². The van der Waals surface area contributed by atoms with Crippen LogP contribution in [0.1, 0.15) is 33.1 Å². The van der Waals surface area contributed by atoms with Crippen LogP contribution in [0.2, 0.25) is 0 Å². The first-order valence-electron chi connectivity index (χ1n) is 6.05. The molecule has 1 fully saturated rings. The Balaban J connectivity index is 2.42. The molecule has 0 radical (unpaired) electrons. The van der Waals surface area contributed by atoms with Gasteiger partial charge in [-0.15, -0.1) is 0 Å². The highest BCUT2D eigenvalue weighted by molar-refractivity contribution is 5.80. The van der Waals surface area contributed by atoms with Gasteiger partial charge in [-0.1, -0.05) is 12.1 Å². The lowest BCUT2D eigenvalue weighted by Crippen LogP contribution is -2.49. The van der Waals surface area contributed by atoms with Gasteiger partial charge in [-0.3, -0.25) is 0 Å². The van der Waals surface area contributed by atoms with E-state index in [0.29, 0.717) is 26.0 Å². The van der Waals surface area contributed by atoms with Gasteiger partial charge in [0.1, 0.15) is 11.4 Å². The van der Waals surface area contributed by atoms with Gasteiger partial charge in [0, 0.05) is 32.0 Å². The van der Waals surface area contributed by atoms with Crippen molar-refractivity contribution in [2.45, 2.75) is 50.9 Å². The van der Waals surface area contributed by atoms with Gasteiger partial charge in [0.25, 0.3) is 0 Å². The minimum atomic E-state index is -0.807. The SMILES string of the molecule is CCC(CC(N)=NO)NCC1(O)CCOC1C. The maximum atomic E-state index is 10.3. The number of oxime groups is 1. The van der Waals surface area contributed by atoms with Crippen LogP contribution >= 0.6 is 0 Å². The number of rotatable bonds is 6. The maximum absolute atomic E-state index is 10.3. The molecule has 3 unspecified atom stereocenters. The van der Waals surface area contributed by atoms with E-state index >= 15 is 0 Å². The number of amidine groups is 1. The number of aliphatic hydroxyl groups is 1. The van der Waals surface area contributed by atoms with Crippen molar-refractivity contribution >= 4 is 5.84 Å². The predicted molar refractivity (Wildman–Crippen MR) is 65.1 cm³/mol. The van der Waals surface area contributed by atoms with Crippen LogP contribution in [0.15, 0.2) is 5.16 Å². The van der Waals surface area contributed by atoms with Crippen molar-refractivity contribution in [1.29, 1.82) is 0 Å². The molecule has 0 aromatic rings. The summed E-state index contributed by atoms with van der Waals surface area (Å²) in [4.78, 5) is 0. The monoisotopic (exact) mass is 245 g/mol. The minimum absolute atomic E-state index is 0.0997. The molecule has 1 aliphatic rings. The lowest BCUT2D eigenvalue weighted by atomic mass is 9.96. The third-order valence-electron chi connectivity index (χ3n) is 3.43. The van der Waals surface area contributed by atoms with Gasteiger partial charge in [0.15, 0.2) is 0 Å². The van der Waals surface area contributed by atoms with Crippen LogP contribution in [-0.4, -0.2) is 47.0 Å². The topological polar surface area (TPSA) is 100 Å². The molecule has 0 aromatic heterocycles. The first-order valence-corrected chi connectivity index (χ1v) is 6.05. The van der Waals surface area contributed by atoms with E-state index in [4.69, 9.17) is 15.7 Å². The summed E-state index contributed by atoms with van der Waals surface area (Å²) in [5.41, 5.74) is 4.66. The molecule has 0 aromatic carbocycles. The molecule has 1 saturated heterocycles.